The van der Waals surface area contributed by atoms with Gasteiger partial charge in [0.15, 0.2) is 11.3 Å². The number of nitrogens with zero attached hydrogens (tertiary/aromatic N) is 1. The fourth-order valence-corrected chi connectivity index (χ4v) is 3.80. The fraction of sp³-hybridized carbons (Fsp3) is 0.500. The molecule has 3 heterocycles. The Morgan fingerprint density at radius 3 is 2.73 bits per heavy atom. The maximum atomic E-state index is 10.4. The quantitative estimate of drug-likeness (QED) is 0.723. The van der Waals surface area contributed by atoms with Gasteiger partial charge >= 0.3 is 0 Å². The minimum absolute atomic E-state index is 0.193. The Morgan fingerprint density at radius 1 is 1.15 bits per heavy atom. The van der Waals surface area contributed by atoms with Gasteiger partial charge in [-0.2, -0.15) is 0 Å². The Bertz CT molecular complexity index is 891. The summed E-state index contributed by atoms with van der Waals surface area (Å²) in [6.45, 7) is 4.87. The molecule has 26 heavy (non-hydrogen) atoms. The lowest BCUT2D eigenvalue weighted by molar-refractivity contribution is 0.0614. The number of hydrogen-bond acceptors (Lipinski definition) is 6. The van der Waals surface area contributed by atoms with Crippen molar-refractivity contribution in [3.63, 3.8) is 0 Å². The molecule has 1 atom stereocenters. The summed E-state index contributed by atoms with van der Waals surface area (Å²) in [5, 5.41) is 12.2. The molecular formula is C20H25NO5. The van der Waals surface area contributed by atoms with Crippen LogP contribution in [-0.2, 0) is 0 Å². The van der Waals surface area contributed by atoms with Gasteiger partial charge in [-0.1, -0.05) is 6.42 Å². The number of benzene rings is 1. The Morgan fingerprint density at radius 2 is 1.96 bits per heavy atom. The minimum atomic E-state index is -0.563. The first-order valence-corrected chi connectivity index (χ1v) is 9.17. The van der Waals surface area contributed by atoms with Crippen LogP contribution in [0.1, 0.15) is 24.8 Å². The van der Waals surface area contributed by atoms with Gasteiger partial charge in [0.05, 0.1) is 30.4 Å². The molecule has 1 N–H and O–H groups in total. The second-order valence-corrected chi connectivity index (χ2v) is 6.97. The lowest BCUT2D eigenvalue weighted by Gasteiger charge is -2.28. The highest BCUT2D eigenvalue weighted by Gasteiger charge is 2.24. The van der Waals surface area contributed by atoms with Gasteiger partial charge in [-0.25, -0.2) is 0 Å². The van der Waals surface area contributed by atoms with Gasteiger partial charge in [-0.05, 0) is 44.5 Å². The maximum absolute atomic E-state index is 10.4. The highest BCUT2D eigenvalue weighted by atomic mass is 16.5. The SMILES string of the molecule is COc1c(OC[C@@H](O)CN2CCCCC2)c2c(C)coc2c2ccoc12. The normalized spacial score (nSPS) is 17.0. The van der Waals surface area contributed by atoms with Crippen LogP contribution in [0.3, 0.4) is 0 Å². The molecule has 0 bridgehead atoms. The summed E-state index contributed by atoms with van der Waals surface area (Å²) in [6.07, 6.45) is 6.43. The van der Waals surface area contributed by atoms with E-state index >= 15 is 0 Å². The summed E-state index contributed by atoms with van der Waals surface area (Å²) in [7, 11) is 1.59. The molecule has 6 nitrogen and oxygen atoms in total. The van der Waals surface area contributed by atoms with Gasteiger partial charge in [0.1, 0.15) is 18.3 Å². The molecule has 0 radical (unpaired) electrons. The Hall–Kier alpha value is -2.18. The zero-order chi connectivity index (χ0) is 18.1. The van der Waals surface area contributed by atoms with Crippen molar-refractivity contribution in [2.24, 2.45) is 0 Å². The number of furan rings is 2. The van der Waals surface area contributed by atoms with Crippen molar-refractivity contribution >= 4 is 21.9 Å². The number of rotatable bonds is 6. The predicted octanol–water partition coefficient (Wildman–Crippen LogP) is 3.72. The molecule has 1 aliphatic heterocycles. The topological polar surface area (TPSA) is 68.2 Å². The van der Waals surface area contributed by atoms with E-state index in [1.807, 2.05) is 13.0 Å². The van der Waals surface area contributed by atoms with E-state index in [0.717, 1.165) is 29.4 Å². The van der Waals surface area contributed by atoms with E-state index < -0.39 is 6.10 Å². The first-order valence-electron chi connectivity index (χ1n) is 9.17. The smallest absolute Gasteiger partial charge is 0.205 e. The third-order valence-electron chi connectivity index (χ3n) is 5.07. The average Bonchev–Trinajstić information content (AvgIpc) is 3.27. The summed E-state index contributed by atoms with van der Waals surface area (Å²) >= 11 is 0. The number of hydrogen-bond donors (Lipinski definition) is 1. The molecule has 1 fully saturated rings. The second-order valence-electron chi connectivity index (χ2n) is 6.97. The first kappa shape index (κ1) is 17.2. The monoisotopic (exact) mass is 359 g/mol. The van der Waals surface area contributed by atoms with Crippen LogP contribution >= 0.6 is 0 Å². The standard InChI is InChI=1S/C20H25NO5/c1-13-11-25-17-15-6-9-24-18(15)20(23-2)19(16(13)17)26-12-14(22)10-21-7-4-3-5-8-21/h6,9,11,14,22H,3-5,7-8,10,12H2,1-2H3/t14-/m0/s1. The summed E-state index contributed by atoms with van der Waals surface area (Å²) in [6, 6.07) is 1.86. The maximum Gasteiger partial charge on any atom is 0.205 e. The van der Waals surface area contributed by atoms with Gasteiger partial charge in [-0.3, -0.25) is 0 Å². The van der Waals surface area contributed by atoms with Crippen LogP contribution in [0.15, 0.2) is 27.4 Å². The zero-order valence-electron chi connectivity index (χ0n) is 15.3. The van der Waals surface area contributed by atoms with E-state index in [2.05, 4.69) is 4.90 Å². The molecule has 1 aliphatic rings. The van der Waals surface area contributed by atoms with Crippen molar-refractivity contribution in [3.8, 4) is 11.5 Å². The summed E-state index contributed by atoms with van der Waals surface area (Å²) < 4.78 is 22.9. The second kappa shape index (κ2) is 7.21. The molecule has 4 rings (SSSR count). The number of aliphatic hydroxyl groups excluding tert-OH is 1. The Labute approximate surface area is 152 Å². The molecule has 0 amide bonds. The van der Waals surface area contributed by atoms with Crippen LogP contribution in [0.5, 0.6) is 11.5 Å². The number of methoxy groups -OCH3 is 1. The molecule has 140 valence electrons. The Kier molecular flexibility index (Phi) is 4.78. The van der Waals surface area contributed by atoms with Crippen LogP contribution in [0.2, 0.25) is 0 Å². The van der Waals surface area contributed by atoms with Crippen LogP contribution < -0.4 is 9.47 Å². The lowest BCUT2D eigenvalue weighted by Crippen LogP contribution is -2.38. The van der Waals surface area contributed by atoms with E-state index in [4.69, 9.17) is 18.3 Å². The third kappa shape index (κ3) is 3.04. The molecule has 2 aromatic heterocycles. The predicted molar refractivity (Wildman–Crippen MR) is 99.1 cm³/mol. The van der Waals surface area contributed by atoms with E-state index in [-0.39, 0.29) is 6.61 Å². The molecule has 0 aliphatic carbocycles. The number of likely N-dealkylation sites (tertiary alicyclic amines) is 1. The number of fused-ring (bicyclic) bond motifs is 3. The molecule has 0 saturated carbocycles. The largest absolute Gasteiger partial charge is 0.490 e. The molecule has 1 aromatic carbocycles. The number of piperidine rings is 1. The van der Waals surface area contributed by atoms with E-state index in [9.17, 15) is 5.11 Å². The summed E-state index contributed by atoms with van der Waals surface area (Å²) in [5.41, 5.74) is 2.27. The van der Waals surface area contributed by atoms with Crippen molar-refractivity contribution in [1.29, 1.82) is 0 Å². The van der Waals surface area contributed by atoms with Gasteiger partial charge in [0.2, 0.25) is 5.75 Å². The van der Waals surface area contributed by atoms with Crippen LogP contribution in [0.4, 0.5) is 0 Å². The van der Waals surface area contributed by atoms with Gasteiger partial charge in [0.25, 0.3) is 0 Å². The number of β-amino-alcohol motifs (C(OH)–C–C–N with tert-alkyl or cyclic N) is 1. The molecular weight excluding hydrogens is 334 g/mol. The Balaban J connectivity index is 1.61. The van der Waals surface area contributed by atoms with Gasteiger partial charge in [-0.15, -0.1) is 0 Å². The van der Waals surface area contributed by atoms with Gasteiger partial charge < -0.3 is 28.3 Å². The van der Waals surface area contributed by atoms with Crippen molar-refractivity contribution in [2.45, 2.75) is 32.3 Å². The van der Waals surface area contributed by atoms with Crippen molar-refractivity contribution in [3.05, 3.63) is 24.2 Å². The van der Waals surface area contributed by atoms with Crippen LogP contribution in [0.25, 0.3) is 21.9 Å². The number of aliphatic hydroxyl groups is 1. The molecule has 0 unspecified atom stereocenters. The molecule has 6 heteroatoms. The van der Waals surface area contributed by atoms with Crippen molar-refractivity contribution in [1.82, 2.24) is 4.90 Å². The van der Waals surface area contributed by atoms with E-state index in [1.54, 1.807) is 19.6 Å². The average molecular weight is 359 g/mol. The third-order valence-corrected chi connectivity index (χ3v) is 5.07. The van der Waals surface area contributed by atoms with Crippen LogP contribution in [0, 0.1) is 6.92 Å². The molecule has 3 aromatic rings. The summed E-state index contributed by atoms with van der Waals surface area (Å²) in [4.78, 5) is 2.29. The van der Waals surface area contributed by atoms with Crippen molar-refractivity contribution in [2.75, 3.05) is 33.4 Å². The van der Waals surface area contributed by atoms with E-state index in [1.165, 1.54) is 19.3 Å². The first-order chi connectivity index (χ1) is 12.7. The van der Waals surface area contributed by atoms with E-state index in [0.29, 0.717) is 29.2 Å². The number of ether oxygens (including phenoxy) is 2. The molecule has 0 spiro atoms. The number of aryl methyl sites for hydroxylation is 1. The highest BCUT2D eigenvalue weighted by molar-refractivity contribution is 6.10. The van der Waals surface area contributed by atoms with Crippen molar-refractivity contribution < 1.29 is 23.4 Å². The van der Waals surface area contributed by atoms with Crippen LogP contribution in [-0.4, -0.2) is 49.5 Å². The highest BCUT2D eigenvalue weighted by Crippen LogP contribution is 2.45. The molecule has 1 saturated heterocycles. The fourth-order valence-electron chi connectivity index (χ4n) is 3.80. The minimum Gasteiger partial charge on any atom is -0.490 e. The zero-order valence-corrected chi connectivity index (χ0v) is 15.3. The van der Waals surface area contributed by atoms with Gasteiger partial charge in [0, 0.05) is 6.54 Å². The lowest BCUT2D eigenvalue weighted by atomic mass is 10.1. The summed E-state index contributed by atoms with van der Waals surface area (Å²) in [5.74, 6) is 1.10.